The number of hydrogen-bond acceptors (Lipinski definition) is 3. The highest BCUT2D eigenvalue weighted by molar-refractivity contribution is 5.80. The Bertz CT molecular complexity index is 432. The van der Waals surface area contributed by atoms with Crippen molar-refractivity contribution in [3.05, 3.63) is 29.3 Å². The molecule has 1 aromatic carbocycles. The van der Waals surface area contributed by atoms with Crippen molar-refractivity contribution >= 4 is 5.91 Å². The van der Waals surface area contributed by atoms with E-state index in [0.717, 1.165) is 17.7 Å². The fourth-order valence-electron chi connectivity index (χ4n) is 1.72. The smallest absolute Gasteiger partial charge is 0.260 e. The zero-order valence-corrected chi connectivity index (χ0v) is 12.9. The van der Waals surface area contributed by atoms with Crippen molar-refractivity contribution in [3.63, 3.8) is 0 Å². The zero-order chi connectivity index (χ0) is 15.0. The minimum Gasteiger partial charge on any atom is -0.481 e. The van der Waals surface area contributed by atoms with Crippen LogP contribution in [-0.4, -0.2) is 31.8 Å². The molecule has 1 atom stereocenters. The third-order valence-electron chi connectivity index (χ3n) is 3.13. The lowest BCUT2D eigenvalue weighted by atomic mass is 10.1. The Morgan fingerprint density at radius 3 is 2.70 bits per heavy atom. The third kappa shape index (κ3) is 5.61. The second kappa shape index (κ2) is 8.59. The number of aryl methyl sites for hydroxylation is 2. The van der Waals surface area contributed by atoms with E-state index in [1.54, 1.807) is 6.92 Å². The summed E-state index contributed by atoms with van der Waals surface area (Å²) in [6.07, 6.45) is 0.319. The highest BCUT2D eigenvalue weighted by atomic mass is 16.5. The van der Waals surface area contributed by atoms with Crippen LogP contribution in [0.5, 0.6) is 5.75 Å². The van der Waals surface area contributed by atoms with Gasteiger partial charge in [-0.1, -0.05) is 6.07 Å². The van der Waals surface area contributed by atoms with Crippen LogP contribution in [0.25, 0.3) is 0 Å². The predicted octanol–water partition coefficient (Wildman–Crippen LogP) is 2.61. The Kier molecular flexibility index (Phi) is 7.09. The molecular formula is C16H25NO3. The first-order chi connectivity index (χ1) is 9.54. The van der Waals surface area contributed by atoms with Gasteiger partial charge in [0.25, 0.3) is 5.91 Å². The molecule has 0 fully saturated rings. The van der Waals surface area contributed by atoms with Gasteiger partial charge < -0.3 is 14.8 Å². The van der Waals surface area contributed by atoms with Crippen molar-refractivity contribution in [3.8, 4) is 5.75 Å². The van der Waals surface area contributed by atoms with Crippen LogP contribution in [0.2, 0.25) is 0 Å². The van der Waals surface area contributed by atoms with Gasteiger partial charge in [-0.3, -0.25) is 4.79 Å². The molecule has 0 heterocycles. The van der Waals surface area contributed by atoms with Crippen LogP contribution in [-0.2, 0) is 9.53 Å². The number of nitrogens with one attached hydrogen (secondary N) is 1. The molecular weight excluding hydrogens is 254 g/mol. The van der Waals surface area contributed by atoms with E-state index in [2.05, 4.69) is 5.32 Å². The van der Waals surface area contributed by atoms with Gasteiger partial charge >= 0.3 is 0 Å². The van der Waals surface area contributed by atoms with Gasteiger partial charge in [-0.15, -0.1) is 0 Å². The van der Waals surface area contributed by atoms with Gasteiger partial charge in [-0.05, 0) is 57.4 Å². The average Bonchev–Trinajstić information content (AvgIpc) is 2.42. The molecule has 0 saturated heterocycles. The van der Waals surface area contributed by atoms with Crippen LogP contribution in [0.15, 0.2) is 18.2 Å². The molecule has 0 bridgehead atoms. The first-order valence-electron chi connectivity index (χ1n) is 7.14. The number of benzene rings is 1. The van der Waals surface area contributed by atoms with Crippen LogP contribution in [0.1, 0.15) is 31.4 Å². The molecule has 0 aromatic heterocycles. The lowest BCUT2D eigenvalue weighted by molar-refractivity contribution is -0.127. The van der Waals surface area contributed by atoms with E-state index in [1.165, 1.54) is 5.56 Å². The van der Waals surface area contributed by atoms with Crippen molar-refractivity contribution in [2.45, 2.75) is 40.2 Å². The minimum atomic E-state index is -0.496. The lowest BCUT2D eigenvalue weighted by Gasteiger charge is -2.15. The molecule has 0 saturated carbocycles. The summed E-state index contributed by atoms with van der Waals surface area (Å²) in [6.45, 7) is 9.78. The summed E-state index contributed by atoms with van der Waals surface area (Å²) in [5.74, 6) is 0.629. The first kappa shape index (κ1) is 16.5. The minimum absolute atomic E-state index is 0.0975. The van der Waals surface area contributed by atoms with Gasteiger partial charge in [-0.2, -0.15) is 0 Å². The van der Waals surface area contributed by atoms with E-state index in [0.29, 0.717) is 19.8 Å². The van der Waals surface area contributed by atoms with Crippen molar-refractivity contribution in [2.75, 3.05) is 19.8 Å². The number of rotatable bonds is 8. The molecule has 0 spiro atoms. The fourth-order valence-corrected chi connectivity index (χ4v) is 1.72. The topological polar surface area (TPSA) is 47.6 Å². The number of amides is 1. The fraction of sp³-hybridized carbons (Fsp3) is 0.562. The molecule has 0 aliphatic heterocycles. The highest BCUT2D eigenvalue weighted by Crippen LogP contribution is 2.17. The Balaban J connectivity index is 2.35. The van der Waals surface area contributed by atoms with Gasteiger partial charge in [-0.25, -0.2) is 0 Å². The Hall–Kier alpha value is -1.55. The molecule has 1 amide bonds. The molecule has 0 radical (unpaired) electrons. The van der Waals surface area contributed by atoms with Crippen molar-refractivity contribution in [2.24, 2.45) is 0 Å². The van der Waals surface area contributed by atoms with Crippen LogP contribution < -0.4 is 10.1 Å². The van der Waals surface area contributed by atoms with Gasteiger partial charge in [0.05, 0.1) is 0 Å². The second-order valence-electron chi connectivity index (χ2n) is 4.85. The summed E-state index contributed by atoms with van der Waals surface area (Å²) in [5, 5.41) is 2.84. The third-order valence-corrected chi connectivity index (χ3v) is 3.13. The lowest BCUT2D eigenvalue weighted by Crippen LogP contribution is -2.37. The van der Waals surface area contributed by atoms with E-state index < -0.39 is 6.10 Å². The van der Waals surface area contributed by atoms with Gasteiger partial charge in [0.2, 0.25) is 0 Å². The van der Waals surface area contributed by atoms with Gasteiger partial charge in [0.1, 0.15) is 5.75 Å². The number of carbonyl (C=O) groups excluding carboxylic acids is 1. The van der Waals surface area contributed by atoms with E-state index in [-0.39, 0.29) is 5.91 Å². The maximum Gasteiger partial charge on any atom is 0.260 e. The number of ether oxygens (including phenoxy) is 2. The SMILES string of the molecule is CCOCCCNC(=O)[C@H](C)Oc1ccc(C)c(C)c1. The van der Waals surface area contributed by atoms with E-state index in [9.17, 15) is 4.79 Å². The summed E-state index contributed by atoms with van der Waals surface area (Å²) in [7, 11) is 0. The summed E-state index contributed by atoms with van der Waals surface area (Å²) in [4.78, 5) is 11.9. The van der Waals surface area contributed by atoms with Crippen molar-refractivity contribution in [1.82, 2.24) is 5.32 Å². The van der Waals surface area contributed by atoms with Gasteiger partial charge in [0, 0.05) is 19.8 Å². The maximum absolute atomic E-state index is 11.9. The Labute approximate surface area is 121 Å². The molecule has 20 heavy (non-hydrogen) atoms. The Morgan fingerprint density at radius 2 is 2.05 bits per heavy atom. The summed E-state index contributed by atoms with van der Waals surface area (Å²) < 4.78 is 10.9. The summed E-state index contributed by atoms with van der Waals surface area (Å²) in [5.41, 5.74) is 2.37. The van der Waals surface area contributed by atoms with Crippen LogP contribution in [0.4, 0.5) is 0 Å². The van der Waals surface area contributed by atoms with Crippen molar-refractivity contribution < 1.29 is 14.3 Å². The molecule has 1 N–H and O–H groups in total. The monoisotopic (exact) mass is 279 g/mol. The molecule has 0 aliphatic carbocycles. The van der Waals surface area contributed by atoms with E-state index in [1.807, 2.05) is 39.0 Å². The van der Waals surface area contributed by atoms with E-state index in [4.69, 9.17) is 9.47 Å². The van der Waals surface area contributed by atoms with E-state index >= 15 is 0 Å². The van der Waals surface area contributed by atoms with Crippen LogP contribution in [0, 0.1) is 13.8 Å². The quantitative estimate of drug-likeness (QED) is 0.744. The maximum atomic E-state index is 11.9. The van der Waals surface area contributed by atoms with Crippen LogP contribution in [0.3, 0.4) is 0 Å². The molecule has 4 nitrogen and oxygen atoms in total. The highest BCUT2D eigenvalue weighted by Gasteiger charge is 2.14. The van der Waals surface area contributed by atoms with Crippen LogP contribution >= 0.6 is 0 Å². The average molecular weight is 279 g/mol. The molecule has 1 rings (SSSR count). The summed E-state index contributed by atoms with van der Waals surface area (Å²) in [6, 6.07) is 5.84. The largest absolute Gasteiger partial charge is 0.481 e. The molecule has 112 valence electrons. The standard InChI is InChI=1S/C16H25NO3/c1-5-19-10-6-9-17-16(18)14(4)20-15-8-7-12(2)13(3)11-15/h7-8,11,14H,5-6,9-10H2,1-4H3,(H,17,18)/t14-/m0/s1. The second-order valence-corrected chi connectivity index (χ2v) is 4.85. The Morgan fingerprint density at radius 1 is 1.30 bits per heavy atom. The van der Waals surface area contributed by atoms with Gasteiger partial charge in [0.15, 0.2) is 6.10 Å². The molecule has 1 aromatic rings. The molecule has 4 heteroatoms. The zero-order valence-electron chi connectivity index (χ0n) is 12.9. The van der Waals surface area contributed by atoms with Crippen molar-refractivity contribution in [1.29, 1.82) is 0 Å². The predicted molar refractivity (Wildman–Crippen MR) is 80.1 cm³/mol. The summed E-state index contributed by atoms with van der Waals surface area (Å²) >= 11 is 0. The normalized spacial score (nSPS) is 12.0. The molecule has 0 unspecified atom stereocenters. The first-order valence-corrected chi connectivity index (χ1v) is 7.14. The molecule has 0 aliphatic rings. The number of hydrogen-bond donors (Lipinski definition) is 1. The number of carbonyl (C=O) groups is 1.